The van der Waals surface area contributed by atoms with E-state index in [9.17, 15) is 4.39 Å². The van der Waals surface area contributed by atoms with Crippen LogP contribution < -0.4 is 0 Å². The highest BCUT2D eigenvalue weighted by atomic mass is 19.1. The van der Waals surface area contributed by atoms with Gasteiger partial charge in [0.1, 0.15) is 5.67 Å². The normalized spacial score (nSPS) is 12.1. The quantitative estimate of drug-likeness (QED) is 0.437. The Bertz CT molecular complexity index is 116. The van der Waals surface area contributed by atoms with Crippen LogP contribution in [-0.4, -0.2) is 5.67 Å². The lowest BCUT2D eigenvalue weighted by Gasteiger charge is -2.05. The molecule has 0 nitrogen and oxygen atoms in total. The molecule has 18 heavy (non-hydrogen) atoms. The number of rotatable bonds is 0. The molecule has 0 aliphatic carbocycles. The van der Waals surface area contributed by atoms with Crippen molar-refractivity contribution >= 4 is 0 Å². The summed E-state index contributed by atoms with van der Waals surface area (Å²) in [4.78, 5) is 0. The highest BCUT2D eigenvalue weighted by molar-refractivity contribution is 4.52. The Morgan fingerprint density at radius 3 is 0.722 bits per heavy atom. The number of halogens is 1. The minimum absolute atomic E-state index is 0.250. The lowest BCUT2D eigenvalue weighted by atomic mass is 10.0. The van der Waals surface area contributed by atoms with E-state index in [-0.39, 0.29) is 5.89 Å². The maximum Gasteiger partial charge on any atom is 0.102 e. The smallest absolute Gasteiger partial charge is 0.102 e. The third kappa shape index (κ3) is 725000. The van der Waals surface area contributed by atoms with E-state index in [0.29, 0.717) is 5.41 Å². The van der Waals surface area contributed by atoms with E-state index >= 15 is 0 Å². The first kappa shape index (κ1) is 23.1. The van der Waals surface area contributed by atoms with Gasteiger partial charge in [0.2, 0.25) is 0 Å². The average molecular weight is 266 g/mol. The number of hydrogen-bond donors (Lipinski definition) is 0. The fourth-order valence-corrected chi connectivity index (χ4v) is 0. The van der Waals surface area contributed by atoms with E-state index in [0.717, 1.165) is 5.92 Å². The first-order valence-corrected chi connectivity index (χ1v) is 6.92. The van der Waals surface area contributed by atoms with E-state index in [1.54, 1.807) is 0 Å². The molecule has 0 N–H and O–H groups in total. The van der Waals surface area contributed by atoms with Gasteiger partial charge in [-0.1, -0.05) is 69.2 Å². The van der Waals surface area contributed by atoms with E-state index in [4.69, 9.17) is 1.37 Å². The molecule has 0 fully saturated rings. The monoisotopic (exact) mass is 265 g/mol. The van der Waals surface area contributed by atoms with Crippen LogP contribution >= 0.6 is 0 Å². The predicted molar refractivity (Wildman–Crippen MR) is 87.0 cm³/mol. The van der Waals surface area contributed by atoms with Crippen LogP contribution in [0.5, 0.6) is 0 Å². The Labute approximate surface area is 119 Å². The molecule has 0 radical (unpaired) electrons. The maximum absolute atomic E-state index is 11.7. The van der Waals surface area contributed by atoms with Crippen molar-refractivity contribution in [1.29, 1.82) is 0 Å². The van der Waals surface area contributed by atoms with Gasteiger partial charge in [0.05, 0.1) is 0 Å². The molecule has 0 spiro atoms. The fraction of sp³-hybridized carbons (Fsp3) is 1.00. The molecule has 0 atom stereocenters. The Hall–Kier alpha value is -0.0700. The summed E-state index contributed by atoms with van der Waals surface area (Å²) >= 11 is 0. The average Bonchev–Trinajstić information content (AvgIpc) is 1.66. The lowest BCUT2D eigenvalue weighted by Crippen LogP contribution is -2.01. The number of hydrogen-bond acceptors (Lipinski definition) is 0. The van der Waals surface area contributed by atoms with E-state index in [1.165, 1.54) is 20.8 Å². The van der Waals surface area contributed by atoms with Crippen LogP contribution in [0, 0.1) is 17.2 Å². The Morgan fingerprint density at radius 1 is 0.722 bits per heavy atom. The van der Waals surface area contributed by atoms with Gasteiger partial charge in [-0.15, -0.1) is 0 Å². The molecule has 0 unspecified atom stereocenters. The first-order valence-electron chi connectivity index (χ1n) is 7.42. The van der Waals surface area contributed by atoms with Gasteiger partial charge in [-0.3, -0.25) is 0 Å². The summed E-state index contributed by atoms with van der Waals surface area (Å²) in [5, 5.41) is 0. The molecule has 0 aliphatic rings. The van der Waals surface area contributed by atoms with Crippen molar-refractivity contribution < 1.29 is 5.76 Å². The third-order valence-corrected chi connectivity index (χ3v) is 0. The SMILES string of the molecule is CC(C)(C)C.CC(C)(C)F.CC(C)C.[2H]C(C)(C)C. The zero-order chi connectivity index (χ0) is 17.1. The summed E-state index contributed by atoms with van der Waals surface area (Å²) in [5.41, 5.74) is -0.500. The summed E-state index contributed by atoms with van der Waals surface area (Å²) in [6.07, 6.45) is 0. The minimum atomic E-state index is -1.00. The van der Waals surface area contributed by atoms with Gasteiger partial charge in [-0.2, -0.15) is 0 Å². The van der Waals surface area contributed by atoms with Gasteiger partial charge >= 0.3 is 0 Å². The molecule has 0 heterocycles. The van der Waals surface area contributed by atoms with Gasteiger partial charge in [0.15, 0.2) is 0 Å². The van der Waals surface area contributed by atoms with Crippen molar-refractivity contribution in [2.45, 2.75) is 95.7 Å². The molecule has 0 bridgehead atoms. The first-order chi connectivity index (χ1) is 7.73. The summed E-state index contributed by atoms with van der Waals surface area (Å²) in [6, 6.07) is 0. The van der Waals surface area contributed by atoms with Crippen LogP contribution in [0.15, 0.2) is 0 Å². The van der Waals surface area contributed by atoms with E-state index in [1.807, 2.05) is 20.8 Å². The molecule has 0 saturated carbocycles. The lowest BCUT2D eigenvalue weighted by molar-refractivity contribution is 0.246. The van der Waals surface area contributed by atoms with E-state index < -0.39 is 5.67 Å². The maximum atomic E-state index is 11.7. The van der Waals surface area contributed by atoms with Crippen molar-refractivity contribution in [2.75, 3.05) is 0 Å². The van der Waals surface area contributed by atoms with Gasteiger partial charge in [0, 0.05) is 1.37 Å². The zero-order valence-corrected chi connectivity index (χ0v) is 15.5. The molecule has 0 rings (SSSR count). The van der Waals surface area contributed by atoms with Crippen molar-refractivity contribution in [3.63, 3.8) is 0 Å². The van der Waals surface area contributed by atoms with Crippen molar-refractivity contribution in [3.8, 4) is 0 Å². The summed E-state index contributed by atoms with van der Waals surface area (Å²) in [7, 11) is 0. The third-order valence-electron chi connectivity index (χ3n) is 0. The second kappa shape index (κ2) is 13.4. The second-order valence-electron chi connectivity index (χ2n) is 8.30. The molecule has 0 aromatic carbocycles. The second-order valence-corrected chi connectivity index (χ2v) is 8.30. The van der Waals surface area contributed by atoms with E-state index in [2.05, 4.69) is 48.5 Å². The molecule has 0 aliphatic heterocycles. The summed E-state index contributed by atoms with van der Waals surface area (Å²) in [5.74, 6) is 0.583. The van der Waals surface area contributed by atoms with Crippen LogP contribution in [0.2, 0.25) is 0 Å². The molecule has 0 aromatic rings. The van der Waals surface area contributed by atoms with Crippen molar-refractivity contribution in [1.82, 2.24) is 0 Å². The number of alkyl halides is 1. The van der Waals surface area contributed by atoms with Gasteiger partial charge in [0.25, 0.3) is 0 Å². The standard InChI is InChI=1S/C5H12.C4H9F.2C4H10/c1-5(2,3)4;1-4(2,3)5;2*1-4(2)3/h1-4H3;1-3H3;2*4H,1-3H3/i;;4D;. The summed E-state index contributed by atoms with van der Waals surface area (Å²) in [6.45, 7) is 25.4. The van der Waals surface area contributed by atoms with Gasteiger partial charge in [-0.05, 0) is 38.0 Å². The zero-order valence-electron chi connectivity index (χ0n) is 16.5. The molecule has 116 valence electrons. The van der Waals surface area contributed by atoms with Crippen LogP contribution in [0.3, 0.4) is 0 Å². The molecule has 0 saturated heterocycles. The Morgan fingerprint density at radius 2 is 0.722 bits per heavy atom. The summed E-state index contributed by atoms with van der Waals surface area (Å²) < 4.78 is 18.6. The molecular weight excluding hydrogens is 223 g/mol. The van der Waals surface area contributed by atoms with Crippen molar-refractivity contribution in [2.24, 2.45) is 17.2 Å². The van der Waals surface area contributed by atoms with Crippen molar-refractivity contribution in [3.05, 3.63) is 0 Å². The fourth-order valence-electron chi connectivity index (χ4n) is 0. The van der Waals surface area contributed by atoms with Crippen LogP contribution in [-0.2, 0) is 0 Å². The Balaban J connectivity index is -0.0000000793. The molecule has 1 heteroatoms. The molecule has 0 aromatic heterocycles. The van der Waals surface area contributed by atoms with Gasteiger partial charge in [-0.25, -0.2) is 4.39 Å². The van der Waals surface area contributed by atoms with Crippen LogP contribution in [0.1, 0.15) is 91.4 Å². The van der Waals surface area contributed by atoms with Crippen LogP contribution in [0.25, 0.3) is 0 Å². The molecular formula is C17H41F. The topological polar surface area (TPSA) is 0 Å². The van der Waals surface area contributed by atoms with Crippen LogP contribution in [0.4, 0.5) is 4.39 Å². The minimum Gasteiger partial charge on any atom is -0.245 e. The Kier molecular flexibility index (Phi) is 17.1. The predicted octanol–water partition coefficient (Wildman–Crippen LogP) is 7.13. The highest BCUT2D eigenvalue weighted by Gasteiger charge is 2.01. The highest BCUT2D eigenvalue weighted by Crippen LogP contribution is 2.08. The molecule has 0 amide bonds. The van der Waals surface area contributed by atoms with Gasteiger partial charge < -0.3 is 0 Å². The largest absolute Gasteiger partial charge is 0.245 e.